The van der Waals surface area contributed by atoms with E-state index in [2.05, 4.69) is 5.32 Å². The number of nitrogens with zero attached hydrogens (tertiary/aromatic N) is 1. The van der Waals surface area contributed by atoms with E-state index in [0.717, 1.165) is 21.6 Å². The molecule has 1 heterocycles. The van der Waals surface area contributed by atoms with E-state index in [9.17, 15) is 14.4 Å². The molecule has 1 aliphatic heterocycles. The van der Waals surface area contributed by atoms with Crippen molar-refractivity contribution in [3.8, 4) is 17.2 Å². The molecule has 1 saturated heterocycles. The SMILES string of the molecule is CCOc1cc(/C=C2\C(=O)NC(=O)N(c3ccc(OCc4ccc(Cl)cc4)cc3)C2=O)cc(Cl)c1OCc1ccc(C)c(C)c1. The van der Waals surface area contributed by atoms with Gasteiger partial charge in [-0.15, -0.1) is 0 Å². The zero-order valence-corrected chi connectivity index (χ0v) is 26.4. The summed E-state index contributed by atoms with van der Waals surface area (Å²) in [6.07, 6.45) is 1.36. The molecule has 1 aliphatic rings. The van der Waals surface area contributed by atoms with Gasteiger partial charge in [0.05, 0.1) is 17.3 Å². The molecule has 0 bridgehead atoms. The van der Waals surface area contributed by atoms with Crippen LogP contribution in [0.5, 0.6) is 17.2 Å². The Balaban J connectivity index is 1.35. The van der Waals surface area contributed by atoms with E-state index in [0.29, 0.717) is 41.0 Å². The Morgan fingerprint density at radius 1 is 0.778 bits per heavy atom. The third-order valence-electron chi connectivity index (χ3n) is 7.11. The fraction of sp³-hybridized carbons (Fsp3) is 0.171. The lowest BCUT2D eigenvalue weighted by Crippen LogP contribution is -2.54. The highest BCUT2D eigenvalue weighted by Gasteiger charge is 2.37. The van der Waals surface area contributed by atoms with E-state index in [1.54, 1.807) is 48.5 Å². The van der Waals surface area contributed by atoms with Crippen LogP contribution in [0.25, 0.3) is 6.08 Å². The molecule has 0 aliphatic carbocycles. The molecular formula is C35H30Cl2N2O6. The Kier molecular flexibility index (Phi) is 9.76. The second-order valence-corrected chi connectivity index (χ2v) is 11.2. The standard InChI is InChI=1S/C35H30Cl2N2O6/c1-4-43-31-18-25(17-30(37)32(31)45-20-24-6-5-21(2)22(3)15-24)16-29-33(40)38-35(42)39(34(29)41)27-11-13-28(14-12-27)44-19-23-7-9-26(36)10-8-23/h5-18H,4,19-20H2,1-3H3,(H,38,40,42)/b29-16+. The fourth-order valence-corrected chi connectivity index (χ4v) is 5.02. The second-order valence-electron chi connectivity index (χ2n) is 10.3. The summed E-state index contributed by atoms with van der Waals surface area (Å²) >= 11 is 12.5. The van der Waals surface area contributed by atoms with Crippen LogP contribution in [0.4, 0.5) is 10.5 Å². The minimum Gasteiger partial charge on any atom is -0.490 e. The van der Waals surface area contributed by atoms with Gasteiger partial charge >= 0.3 is 6.03 Å². The summed E-state index contributed by atoms with van der Waals surface area (Å²) in [5.74, 6) is -0.390. The van der Waals surface area contributed by atoms with Crippen molar-refractivity contribution in [1.29, 1.82) is 0 Å². The van der Waals surface area contributed by atoms with E-state index in [-0.39, 0.29) is 22.9 Å². The molecule has 0 atom stereocenters. The van der Waals surface area contributed by atoms with E-state index in [1.165, 1.54) is 11.6 Å². The molecule has 10 heteroatoms. The molecule has 4 aromatic carbocycles. The van der Waals surface area contributed by atoms with Gasteiger partial charge in [0.15, 0.2) is 11.5 Å². The van der Waals surface area contributed by atoms with Gasteiger partial charge in [-0.2, -0.15) is 0 Å². The molecular weight excluding hydrogens is 615 g/mol. The second kappa shape index (κ2) is 13.9. The van der Waals surface area contributed by atoms with Crippen molar-refractivity contribution >= 4 is 52.8 Å². The highest BCUT2D eigenvalue weighted by molar-refractivity contribution is 6.39. The predicted molar refractivity (Wildman–Crippen MR) is 174 cm³/mol. The lowest BCUT2D eigenvalue weighted by atomic mass is 10.1. The summed E-state index contributed by atoms with van der Waals surface area (Å²) in [5.41, 5.74) is 4.66. The summed E-state index contributed by atoms with van der Waals surface area (Å²) in [5, 5.41) is 3.11. The number of rotatable bonds is 10. The molecule has 8 nitrogen and oxygen atoms in total. The minimum absolute atomic E-state index is 0.238. The molecule has 0 unspecified atom stereocenters. The molecule has 4 amide bonds. The number of carbonyl (C=O) groups is 3. The topological polar surface area (TPSA) is 94.2 Å². The predicted octanol–water partition coefficient (Wildman–Crippen LogP) is 7.83. The third-order valence-corrected chi connectivity index (χ3v) is 7.65. The maximum atomic E-state index is 13.5. The number of halogens is 2. The van der Waals surface area contributed by atoms with E-state index in [4.69, 9.17) is 37.4 Å². The van der Waals surface area contributed by atoms with Crippen molar-refractivity contribution in [3.63, 3.8) is 0 Å². The number of hydrogen-bond acceptors (Lipinski definition) is 6. The average Bonchev–Trinajstić information content (AvgIpc) is 3.01. The number of aryl methyl sites for hydroxylation is 2. The van der Waals surface area contributed by atoms with Crippen LogP contribution < -0.4 is 24.4 Å². The molecule has 0 radical (unpaired) electrons. The van der Waals surface area contributed by atoms with Crippen LogP contribution in [0.3, 0.4) is 0 Å². The maximum Gasteiger partial charge on any atom is 0.335 e. The number of imide groups is 2. The van der Waals surface area contributed by atoms with Crippen LogP contribution in [0, 0.1) is 13.8 Å². The summed E-state index contributed by atoms with van der Waals surface area (Å²) in [6, 6.07) is 22.1. The van der Waals surface area contributed by atoms with Crippen molar-refractivity contribution < 1.29 is 28.6 Å². The normalized spacial score (nSPS) is 14.0. The Morgan fingerprint density at radius 2 is 1.47 bits per heavy atom. The van der Waals surface area contributed by atoms with Crippen molar-refractivity contribution in [2.45, 2.75) is 34.0 Å². The largest absolute Gasteiger partial charge is 0.490 e. The van der Waals surface area contributed by atoms with E-state index in [1.807, 2.05) is 51.1 Å². The van der Waals surface area contributed by atoms with Gasteiger partial charge in [-0.1, -0.05) is 53.5 Å². The van der Waals surface area contributed by atoms with Gasteiger partial charge in [0.25, 0.3) is 11.8 Å². The summed E-state index contributed by atoms with van der Waals surface area (Å²) in [6.45, 7) is 6.80. The van der Waals surface area contributed by atoms with Crippen molar-refractivity contribution in [1.82, 2.24) is 5.32 Å². The number of carbonyl (C=O) groups excluding carboxylic acids is 3. The van der Waals surface area contributed by atoms with Gasteiger partial charge in [-0.05, 0) is 103 Å². The van der Waals surface area contributed by atoms with E-state index >= 15 is 0 Å². The Labute approximate surface area is 271 Å². The number of anilines is 1. The molecule has 1 fully saturated rings. The first kappa shape index (κ1) is 31.6. The number of urea groups is 1. The van der Waals surface area contributed by atoms with Crippen LogP contribution in [0.2, 0.25) is 10.0 Å². The van der Waals surface area contributed by atoms with Crippen molar-refractivity contribution in [3.05, 3.63) is 122 Å². The number of barbiturate groups is 1. The highest BCUT2D eigenvalue weighted by atomic mass is 35.5. The number of amides is 4. The van der Waals surface area contributed by atoms with Crippen LogP contribution in [0.1, 0.15) is 34.7 Å². The lowest BCUT2D eigenvalue weighted by molar-refractivity contribution is -0.122. The molecule has 1 N–H and O–H groups in total. The molecule has 0 spiro atoms. The van der Waals surface area contributed by atoms with E-state index < -0.39 is 17.8 Å². The molecule has 45 heavy (non-hydrogen) atoms. The van der Waals surface area contributed by atoms with Gasteiger partial charge in [-0.25, -0.2) is 9.69 Å². The highest BCUT2D eigenvalue weighted by Crippen LogP contribution is 2.38. The van der Waals surface area contributed by atoms with Crippen molar-refractivity contribution in [2.75, 3.05) is 11.5 Å². The first-order valence-electron chi connectivity index (χ1n) is 14.2. The van der Waals surface area contributed by atoms with Crippen LogP contribution in [0.15, 0.2) is 84.4 Å². The molecule has 4 aromatic rings. The van der Waals surface area contributed by atoms with Crippen LogP contribution in [-0.2, 0) is 22.8 Å². The number of ether oxygens (including phenoxy) is 3. The zero-order chi connectivity index (χ0) is 32.1. The van der Waals surface area contributed by atoms with Gasteiger partial charge in [0.1, 0.15) is 24.5 Å². The maximum absolute atomic E-state index is 13.5. The monoisotopic (exact) mass is 644 g/mol. The van der Waals surface area contributed by atoms with Gasteiger partial charge in [-0.3, -0.25) is 14.9 Å². The Hall–Kier alpha value is -4.79. The quantitative estimate of drug-likeness (QED) is 0.140. The molecule has 0 saturated carbocycles. The van der Waals surface area contributed by atoms with Gasteiger partial charge < -0.3 is 14.2 Å². The summed E-state index contributed by atoms with van der Waals surface area (Å²) in [4.78, 5) is 39.9. The fourth-order valence-electron chi connectivity index (χ4n) is 4.62. The number of benzene rings is 4. The summed E-state index contributed by atoms with van der Waals surface area (Å²) in [7, 11) is 0. The first-order chi connectivity index (χ1) is 21.6. The van der Waals surface area contributed by atoms with Crippen LogP contribution >= 0.6 is 23.2 Å². The van der Waals surface area contributed by atoms with Gasteiger partial charge in [0.2, 0.25) is 0 Å². The van der Waals surface area contributed by atoms with Crippen molar-refractivity contribution in [2.24, 2.45) is 0 Å². The Morgan fingerprint density at radius 3 is 2.16 bits per heavy atom. The third kappa shape index (κ3) is 7.48. The molecule has 0 aromatic heterocycles. The molecule has 5 rings (SSSR count). The number of hydrogen-bond donors (Lipinski definition) is 1. The summed E-state index contributed by atoms with van der Waals surface area (Å²) < 4.78 is 17.6. The zero-order valence-electron chi connectivity index (χ0n) is 24.9. The number of nitrogens with one attached hydrogen (secondary N) is 1. The van der Waals surface area contributed by atoms with Crippen LogP contribution in [-0.4, -0.2) is 24.5 Å². The lowest BCUT2D eigenvalue weighted by Gasteiger charge is -2.26. The average molecular weight is 646 g/mol. The minimum atomic E-state index is -0.861. The first-order valence-corrected chi connectivity index (χ1v) is 14.9. The Bertz CT molecular complexity index is 1790. The van der Waals surface area contributed by atoms with Gasteiger partial charge in [0, 0.05) is 5.02 Å². The smallest absolute Gasteiger partial charge is 0.335 e. The molecule has 230 valence electrons.